The van der Waals surface area contributed by atoms with Crippen LogP contribution in [0.15, 0.2) is 0 Å². The van der Waals surface area contributed by atoms with Gasteiger partial charge in [-0.2, -0.15) is 0 Å². The largest absolute Gasteiger partial charge is 0.633 e. The highest BCUT2D eigenvalue weighted by molar-refractivity contribution is 4.52. The molecule has 0 aliphatic carbocycles. The van der Waals surface area contributed by atoms with E-state index < -0.39 is 0 Å². The Morgan fingerprint density at radius 2 is 1.58 bits per heavy atom. The fourth-order valence-corrected chi connectivity index (χ4v) is 1.64. The molecule has 1 aliphatic rings. The van der Waals surface area contributed by atoms with Crippen LogP contribution in [-0.2, 0) is 0 Å². The molecule has 4 nitrogen and oxygen atoms in total. The fourth-order valence-electron chi connectivity index (χ4n) is 1.64. The van der Waals surface area contributed by atoms with Crippen molar-refractivity contribution in [3.8, 4) is 0 Å². The summed E-state index contributed by atoms with van der Waals surface area (Å²) in [6.45, 7) is 4.62. The van der Waals surface area contributed by atoms with Crippen LogP contribution in [0.1, 0.15) is 13.3 Å². The van der Waals surface area contributed by atoms with Gasteiger partial charge in [-0.05, 0) is 6.42 Å². The van der Waals surface area contributed by atoms with Crippen LogP contribution in [0.5, 0.6) is 0 Å². The number of piperazine rings is 1. The minimum atomic E-state index is -0.230. The third-order valence-electron chi connectivity index (χ3n) is 2.59. The number of likely N-dealkylation sites (N-methyl/N-ethyl adjacent to an activating group) is 1. The molecule has 1 saturated heterocycles. The highest BCUT2D eigenvalue weighted by Gasteiger charge is 2.28. The highest BCUT2D eigenvalue weighted by Crippen LogP contribution is 2.15. The second kappa shape index (κ2) is 3.30. The van der Waals surface area contributed by atoms with Crippen molar-refractivity contribution in [3.05, 3.63) is 10.4 Å². The van der Waals surface area contributed by atoms with E-state index in [0.29, 0.717) is 32.7 Å². The number of nitrogens with zero attached hydrogens (tertiary/aromatic N) is 2. The topological polar surface area (TPSA) is 46.1 Å². The third kappa shape index (κ3) is 2.42. The summed E-state index contributed by atoms with van der Waals surface area (Å²) in [5, 5.41) is 23.2. The van der Waals surface area contributed by atoms with Crippen LogP contribution in [0.25, 0.3) is 0 Å². The predicted molar refractivity (Wildman–Crippen MR) is 47.8 cm³/mol. The molecule has 1 aliphatic heterocycles. The maximum absolute atomic E-state index is 11.8. The van der Waals surface area contributed by atoms with Crippen LogP contribution in [0.4, 0.5) is 0 Å². The van der Waals surface area contributed by atoms with Gasteiger partial charge in [0.1, 0.15) is 26.2 Å². The first-order chi connectivity index (χ1) is 5.47. The highest BCUT2D eigenvalue weighted by atomic mass is 16.6. The van der Waals surface area contributed by atoms with Crippen LogP contribution in [0.3, 0.4) is 0 Å². The first kappa shape index (κ1) is 9.92. The van der Waals surface area contributed by atoms with Gasteiger partial charge in [0, 0.05) is 0 Å². The molecular formula is C8H18N2O2. The van der Waals surface area contributed by atoms with Crippen LogP contribution in [0, 0.1) is 10.4 Å². The first-order valence-corrected chi connectivity index (χ1v) is 4.60. The van der Waals surface area contributed by atoms with E-state index in [4.69, 9.17) is 0 Å². The minimum absolute atomic E-state index is 0.146. The molecule has 0 aromatic rings. The summed E-state index contributed by atoms with van der Waals surface area (Å²) in [7, 11) is 1.65. The Kier molecular flexibility index (Phi) is 2.73. The maximum Gasteiger partial charge on any atom is 0.129 e. The molecule has 0 bridgehead atoms. The van der Waals surface area contributed by atoms with E-state index in [2.05, 4.69) is 0 Å². The second-order valence-electron chi connectivity index (χ2n) is 3.97. The molecule has 0 aromatic heterocycles. The summed E-state index contributed by atoms with van der Waals surface area (Å²) >= 11 is 0. The summed E-state index contributed by atoms with van der Waals surface area (Å²) < 4.78 is -0.376. The number of hydrogen-bond donors (Lipinski definition) is 0. The first-order valence-electron chi connectivity index (χ1n) is 4.60. The number of hydrogen-bond acceptors (Lipinski definition) is 2. The maximum atomic E-state index is 11.8. The van der Waals surface area contributed by atoms with Gasteiger partial charge in [0.2, 0.25) is 0 Å². The Bertz CT molecular complexity index is 149. The summed E-state index contributed by atoms with van der Waals surface area (Å²) in [4.78, 5) is 0. The van der Waals surface area contributed by atoms with E-state index in [9.17, 15) is 10.4 Å². The molecule has 12 heavy (non-hydrogen) atoms. The Morgan fingerprint density at radius 1 is 1.08 bits per heavy atom. The molecular weight excluding hydrogens is 156 g/mol. The lowest BCUT2D eigenvalue weighted by Gasteiger charge is -2.52. The van der Waals surface area contributed by atoms with Gasteiger partial charge in [0.25, 0.3) is 0 Å². The summed E-state index contributed by atoms with van der Waals surface area (Å²) in [6.07, 6.45) is 0.909. The Hall–Kier alpha value is -0.160. The van der Waals surface area contributed by atoms with E-state index >= 15 is 0 Å². The molecule has 0 unspecified atom stereocenters. The molecule has 72 valence electrons. The Labute approximate surface area is 73.7 Å². The smallest absolute Gasteiger partial charge is 0.129 e. The van der Waals surface area contributed by atoms with Crippen LogP contribution in [-0.4, -0.2) is 49.1 Å². The third-order valence-corrected chi connectivity index (χ3v) is 2.59. The van der Waals surface area contributed by atoms with Crippen molar-refractivity contribution in [1.29, 1.82) is 0 Å². The normalized spacial score (nSPS) is 43.0. The van der Waals surface area contributed by atoms with Gasteiger partial charge in [-0.1, -0.05) is 6.92 Å². The van der Waals surface area contributed by atoms with E-state index in [1.54, 1.807) is 7.05 Å². The monoisotopic (exact) mass is 174 g/mol. The van der Waals surface area contributed by atoms with E-state index in [0.717, 1.165) is 6.42 Å². The van der Waals surface area contributed by atoms with E-state index in [-0.39, 0.29) is 9.29 Å². The molecule has 1 heterocycles. The number of quaternary nitrogens is 2. The lowest BCUT2D eigenvalue weighted by molar-refractivity contribution is -0.980. The van der Waals surface area contributed by atoms with Crippen LogP contribution < -0.4 is 0 Å². The average molecular weight is 174 g/mol. The van der Waals surface area contributed by atoms with Crippen molar-refractivity contribution >= 4 is 0 Å². The standard InChI is InChI=1S/C8H18N2O2/c1-3-4-10(12)7-5-9(2,11)6-8-10/h3-8H2,1-2H3. The van der Waals surface area contributed by atoms with Crippen molar-refractivity contribution in [2.45, 2.75) is 13.3 Å². The zero-order chi connectivity index (χ0) is 9.24. The van der Waals surface area contributed by atoms with Gasteiger partial charge in [0.15, 0.2) is 0 Å². The molecule has 1 rings (SSSR count). The average Bonchev–Trinajstić information content (AvgIpc) is 1.98. The zero-order valence-corrected chi connectivity index (χ0v) is 7.95. The van der Waals surface area contributed by atoms with Gasteiger partial charge < -0.3 is 19.7 Å². The second-order valence-corrected chi connectivity index (χ2v) is 3.97. The predicted octanol–water partition coefficient (Wildman–Crippen LogP) is 0.669. The molecule has 1 fully saturated rings. The lowest BCUT2D eigenvalue weighted by Crippen LogP contribution is -2.61. The van der Waals surface area contributed by atoms with Gasteiger partial charge >= 0.3 is 0 Å². The minimum Gasteiger partial charge on any atom is -0.633 e. The van der Waals surface area contributed by atoms with Crippen LogP contribution in [0.2, 0.25) is 0 Å². The summed E-state index contributed by atoms with van der Waals surface area (Å²) in [5.74, 6) is 0. The lowest BCUT2D eigenvalue weighted by atomic mass is 10.3. The van der Waals surface area contributed by atoms with Crippen molar-refractivity contribution in [2.24, 2.45) is 0 Å². The van der Waals surface area contributed by atoms with Gasteiger partial charge in [0.05, 0.1) is 13.6 Å². The molecule has 0 aromatic carbocycles. The SMILES string of the molecule is CCC[N+]1([O-])CC[N+](C)([O-])CC1. The quantitative estimate of drug-likeness (QED) is 0.456. The number of rotatable bonds is 2. The van der Waals surface area contributed by atoms with Gasteiger partial charge in [-0.25, -0.2) is 0 Å². The van der Waals surface area contributed by atoms with Crippen molar-refractivity contribution in [1.82, 2.24) is 0 Å². The van der Waals surface area contributed by atoms with Crippen molar-refractivity contribution in [2.75, 3.05) is 39.8 Å². The van der Waals surface area contributed by atoms with Crippen LogP contribution >= 0.6 is 0 Å². The Balaban J connectivity index is 2.44. The van der Waals surface area contributed by atoms with Gasteiger partial charge in [-0.3, -0.25) is 0 Å². The van der Waals surface area contributed by atoms with Crippen molar-refractivity contribution in [3.63, 3.8) is 0 Å². The fraction of sp³-hybridized carbons (Fsp3) is 1.00. The summed E-state index contributed by atoms with van der Waals surface area (Å²) in [6, 6.07) is 0. The zero-order valence-electron chi connectivity index (χ0n) is 7.95. The molecule has 4 heteroatoms. The van der Waals surface area contributed by atoms with E-state index in [1.807, 2.05) is 6.92 Å². The molecule has 0 atom stereocenters. The molecule has 0 N–H and O–H groups in total. The van der Waals surface area contributed by atoms with Crippen molar-refractivity contribution < 1.29 is 9.29 Å². The molecule has 0 saturated carbocycles. The van der Waals surface area contributed by atoms with E-state index in [1.165, 1.54) is 0 Å². The summed E-state index contributed by atoms with van der Waals surface area (Å²) in [5.41, 5.74) is 0. The number of hydroxylamine groups is 6. The Morgan fingerprint density at radius 3 is 2.00 bits per heavy atom. The molecule has 0 spiro atoms. The molecule has 0 amide bonds. The molecule has 0 radical (unpaired) electrons. The van der Waals surface area contributed by atoms with Gasteiger partial charge in [-0.15, -0.1) is 0 Å².